The minimum Gasteiger partial charge on any atom is -0.496 e. The molecule has 0 aliphatic carbocycles. The van der Waals surface area contributed by atoms with Gasteiger partial charge in [-0.05, 0) is 35.7 Å². The first-order chi connectivity index (χ1) is 9.11. The fraction of sp³-hybridized carbons (Fsp3) is 0.200. The van der Waals surface area contributed by atoms with Crippen LogP contribution in [0.25, 0.3) is 0 Å². The van der Waals surface area contributed by atoms with Crippen LogP contribution in [0.2, 0.25) is 10.0 Å². The lowest BCUT2D eigenvalue weighted by Crippen LogP contribution is -1.98. The molecule has 100 valence electrons. The molecule has 0 spiro atoms. The van der Waals surface area contributed by atoms with Crippen molar-refractivity contribution in [2.45, 2.75) is 11.2 Å². The summed E-state index contributed by atoms with van der Waals surface area (Å²) in [5.41, 5.74) is 2.25. The Balaban J connectivity index is 2.20. The fourth-order valence-corrected chi connectivity index (χ4v) is 2.83. The summed E-state index contributed by atoms with van der Waals surface area (Å²) in [5.74, 6) is 0.895. The van der Waals surface area contributed by atoms with Crippen molar-refractivity contribution in [1.29, 1.82) is 0 Å². The van der Waals surface area contributed by atoms with Crippen molar-refractivity contribution >= 4 is 39.1 Å². The summed E-state index contributed by atoms with van der Waals surface area (Å²) >= 11 is 15.7. The smallest absolute Gasteiger partial charge is 0.122 e. The molecule has 0 fully saturated rings. The summed E-state index contributed by atoms with van der Waals surface area (Å²) < 4.78 is 5.36. The molecule has 0 aliphatic rings. The van der Waals surface area contributed by atoms with Gasteiger partial charge in [0.05, 0.1) is 17.2 Å². The van der Waals surface area contributed by atoms with Crippen LogP contribution >= 0.6 is 39.1 Å². The third kappa shape index (κ3) is 3.65. The Hall–Kier alpha value is -0.700. The van der Waals surface area contributed by atoms with Crippen molar-refractivity contribution in [3.8, 4) is 5.75 Å². The molecule has 0 heterocycles. The van der Waals surface area contributed by atoms with Crippen LogP contribution < -0.4 is 4.74 Å². The van der Waals surface area contributed by atoms with Crippen molar-refractivity contribution in [3.63, 3.8) is 0 Å². The molecule has 0 amide bonds. The van der Waals surface area contributed by atoms with Gasteiger partial charge in [0.25, 0.3) is 0 Å². The average Bonchev–Trinajstić information content (AvgIpc) is 2.42. The summed E-state index contributed by atoms with van der Waals surface area (Å²) in [4.78, 5) is 0.165. The fourth-order valence-electron chi connectivity index (χ4n) is 1.89. The van der Waals surface area contributed by atoms with Crippen molar-refractivity contribution in [2.75, 3.05) is 7.11 Å². The highest BCUT2D eigenvalue weighted by molar-refractivity contribution is 9.09. The molecule has 1 atom stereocenters. The first-order valence-electron chi connectivity index (χ1n) is 5.82. The first kappa shape index (κ1) is 14.7. The summed E-state index contributed by atoms with van der Waals surface area (Å²) in [7, 11) is 1.68. The topological polar surface area (TPSA) is 9.23 Å². The predicted molar refractivity (Wildman–Crippen MR) is 84.8 cm³/mol. The van der Waals surface area contributed by atoms with Crippen molar-refractivity contribution < 1.29 is 4.74 Å². The molecule has 1 unspecified atom stereocenters. The van der Waals surface area contributed by atoms with Gasteiger partial charge in [-0.2, -0.15) is 0 Å². The molecular formula is C15H13BrCl2O. The molecule has 0 bridgehead atoms. The Morgan fingerprint density at radius 1 is 1.11 bits per heavy atom. The highest BCUT2D eigenvalue weighted by Gasteiger charge is 2.12. The number of halogens is 3. The van der Waals surface area contributed by atoms with Gasteiger partial charge in [-0.25, -0.2) is 0 Å². The van der Waals surface area contributed by atoms with Gasteiger partial charge < -0.3 is 4.74 Å². The van der Waals surface area contributed by atoms with Crippen LogP contribution in [0.4, 0.5) is 0 Å². The maximum Gasteiger partial charge on any atom is 0.122 e. The Kier molecular flexibility index (Phi) is 5.14. The van der Waals surface area contributed by atoms with E-state index in [9.17, 15) is 0 Å². The molecule has 0 saturated heterocycles. The Bertz CT molecular complexity index is 572. The Morgan fingerprint density at radius 3 is 2.53 bits per heavy atom. The quantitative estimate of drug-likeness (QED) is 0.638. The van der Waals surface area contributed by atoms with Crippen LogP contribution in [-0.4, -0.2) is 7.11 Å². The molecule has 0 aromatic heterocycles. The Labute approximate surface area is 131 Å². The monoisotopic (exact) mass is 358 g/mol. The van der Waals surface area contributed by atoms with Gasteiger partial charge in [-0.1, -0.05) is 63.4 Å². The van der Waals surface area contributed by atoms with Crippen LogP contribution in [0.5, 0.6) is 5.75 Å². The summed E-state index contributed by atoms with van der Waals surface area (Å²) in [6, 6.07) is 13.7. The van der Waals surface area contributed by atoms with Crippen LogP contribution in [0.15, 0.2) is 42.5 Å². The van der Waals surface area contributed by atoms with Gasteiger partial charge in [-0.3, -0.25) is 0 Å². The molecule has 19 heavy (non-hydrogen) atoms. The SMILES string of the molecule is COc1ccccc1CC(Br)c1ccc(Cl)c(Cl)c1. The van der Waals surface area contributed by atoms with E-state index in [-0.39, 0.29) is 4.83 Å². The van der Waals surface area contributed by atoms with E-state index in [2.05, 4.69) is 22.0 Å². The van der Waals surface area contributed by atoms with E-state index in [0.717, 1.165) is 23.3 Å². The number of alkyl halides is 1. The van der Waals surface area contributed by atoms with E-state index in [1.807, 2.05) is 36.4 Å². The maximum absolute atomic E-state index is 6.04. The maximum atomic E-state index is 6.04. The standard InChI is InChI=1S/C15H13BrCl2O/c1-19-15-5-3-2-4-11(15)8-12(16)10-6-7-13(17)14(18)9-10/h2-7,9,12H,8H2,1H3. The third-order valence-electron chi connectivity index (χ3n) is 2.90. The van der Waals surface area contributed by atoms with Gasteiger partial charge in [-0.15, -0.1) is 0 Å². The van der Waals surface area contributed by atoms with Gasteiger partial charge in [0, 0.05) is 4.83 Å². The lowest BCUT2D eigenvalue weighted by Gasteiger charge is -2.13. The van der Waals surface area contributed by atoms with Gasteiger partial charge in [0.1, 0.15) is 5.75 Å². The number of ether oxygens (including phenoxy) is 1. The largest absolute Gasteiger partial charge is 0.496 e. The first-order valence-corrected chi connectivity index (χ1v) is 7.50. The highest BCUT2D eigenvalue weighted by atomic mass is 79.9. The molecule has 2 aromatic carbocycles. The third-order valence-corrected chi connectivity index (χ3v) is 4.49. The molecule has 2 rings (SSSR count). The molecule has 0 aliphatic heterocycles. The minimum absolute atomic E-state index is 0.165. The second-order valence-electron chi connectivity index (χ2n) is 4.16. The highest BCUT2D eigenvalue weighted by Crippen LogP contribution is 2.33. The normalized spacial score (nSPS) is 12.2. The van der Waals surface area contributed by atoms with E-state index >= 15 is 0 Å². The van der Waals surface area contributed by atoms with Crippen molar-refractivity contribution in [3.05, 3.63) is 63.6 Å². The molecule has 4 heteroatoms. The van der Waals surface area contributed by atoms with E-state index < -0.39 is 0 Å². The van der Waals surface area contributed by atoms with Gasteiger partial charge >= 0.3 is 0 Å². The summed E-state index contributed by atoms with van der Waals surface area (Å²) in [6.07, 6.45) is 0.821. The zero-order valence-corrected chi connectivity index (χ0v) is 13.5. The Morgan fingerprint density at radius 2 is 1.84 bits per heavy atom. The van der Waals surface area contributed by atoms with E-state index in [4.69, 9.17) is 27.9 Å². The number of rotatable bonds is 4. The molecule has 0 saturated carbocycles. The van der Waals surface area contributed by atoms with Crippen LogP contribution in [0, 0.1) is 0 Å². The van der Waals surface area contributed by atoms with E-state index in [1.54, 1.807) is 7.11 Å². The second kappa shape index (κ2) is 6.65. The number of hydrogen-bond donors (Lipinski definition) is 0. The van der Waals surface area contributed by atoms with Gasteiger partial charge in [0.2, 0.25) is 0 Å². The lowest BCUT2D eigenvalue weighted by molar-refractivity contribution is 0.409. The van der Waals surface area contributed by atoms with Crippen LogP contribution in [-0.2, 0) is 6.42 Å². The zero-order valence-electron chi connectivity index (χ0n) is 10.4. The molecule has 1 nitrogen and oxygen atoms in total. The summed E-state index contributed by atoms with van der Waals surface area (Å²) in [6.45, 7) is 0. The predicted octanol–water partition coefficient (Wildman–Crippen LogP) is 5.68. The van der Waals surface area contributed by atoms with Crippen LogP contribution in [0.1, 0.15) is 16.0 Å². The molecular weight excluding hydrogens is 347 g/mol. The van der Waals surface area contributed by atoms with Crippen molar-refractivity contribution in [2.24, 2.45) is 0 Å². The summed E-state index contributed by atoms with van der Waals surface area (Å²) in [5, 5.41) is 1.14. The molecule has 0 N–H and O–H groups in total. The van der Waals surface area contributed by atoms with E-state index in [1.165, 1.54) is 0 Å². The molecule has 2 aromatic rings. The van der Waals surface area contributed by atoms with Crippen LogP contribution in [0.3, 0.4) is 0 Å². The number of methoxy groups -OCH3 is 1. The number of benzene rings is 2. The lowest BCUT2D eigenvalue weighted by atomic mass is 10.0. The number of hydrogen-bond acceptors (Lipinski definition) is 1. The second-order valence-corrected chi connectivity index (χ2v) is 6.08. The van der Waals surface area contributed by atoms with Crippen molar-refractivity contribution in [1.82, 2.24) is 0 Å². The van der Waals surface area contributed by atoms with E-state index in [0.29, 0.717) is 10.0 Å². The molecule has 0 radical (unpaired) electrons. The zero-order chi connectivity index (χ0) is 13.8. The minimum atomic E-state index is 0.165. The van der Waals surface area contributed by atoms with Gasteiger partial charge in [0.15, 0.2) is 0 Å². The number of para-hydroxylation sites is 1. The average molecular weight is 360 g/mol.